The molecule has 0 aromatic heterocycles. The average Bonchev–Trinajstić information content (AvgIpc) is 2.32. The van der Waals surface area contributed by atoms with Crippen LogP contribution in [-0.4, -0.2) is 6.61 Å². The third-order valence-corrected chi connectivity index (χ3v) is 2.03. The third kappa shape index (κ3) is 1.08. The zero-order valence-electron chi connectivity index (χ0n) is 5.88. The minimum absolute atomic E-state index is 0.0160. The van der Waals surface area contributed by atoms with Gasteiger partial charge in [0.05, 0.1) is 6.04 Å². The molecule has 0 saturated heterocycles. The van der Waals surface area contributed by atoms with Gasteiger partial charge in [0.1, 0.15) is 12.4 Å². The van der Waals surface area contributed by atoms with Crippen molar-refractivity contribution in [2.75, 3.05) is 6.61 Å². The summed E-state index contributed by atoms with van der Waals surface area (Å²) in [5, 5.41) is 0.692. The fraction of sp³-hybridized carbons (Fsp3) is 0.250. The van der Waals surface area contributed by atoms with Gasteiger partial charge < -0.3 is 10.5 Å². The van der Waals surface area contributed by atoms with Crippen molar-refractivity contribution in [2.24, 2.45) is 5.73 Å². The Labute approximate surface area is 69.9 Å². The molecule has 0 saturated carbocycles. The van der Waals surface area contributed by atoms with Gasteiger partial charge in [-0.25, -0.2) is 0 Å². The molecule has 2 nitrogen and oxygen atoms in total. The summed E-state index contributed by atoms with van der Waals surface area (Å²) in [7, 11) is 0. The largest absolute Gasteiger partial charge is 0.491 e. The van der Waals surface area contributed by atoms with Crippen LogP contribution in [-0.2, 0) is 0 Å². The van der Waals surface area contributed by atoms with E-state index in [0.29, 0.717) is 11.6 Å². The summed E-state index contributed by atoms with van der Waals surface area (Å²) < 4.78 is 5.28. The number of ether oxygens (including phenoxy) is 1. The molecule has 1 atom stereocenters. The summed E-state index contributed by atoms with van der Waals surface area (Å²) in [6.07, 6.45) is 0. The van der Waals surface area contributed by atoms with Crippen molar-refractivity contribution < 1.29 is 4.74 Å². The van der Waals surface area contributed by atoms with Crippen LogP contribution in [0, 0.1) is 0 Å². The lowest BCUT2D eigenvalue weighted by Crippen LogP contribution is -2.10. The first-order valence-corrected chi connectivity index (χ1v) is 3.83. The van der Waals surface area contributed by atoms with E-state index in [1.54, 1.807) is 6.07 Å². The van der Waals surface area contributed by atoms with Gasteiger partial charge in [-0.2, -0.15) is 0 Å². The van der Waals surface area contributed by atoms with Gasteiger partial charge in [0.25, 0.3) is 0 Å². The summed E-state index contributed by atoms with van der Waals surface area (Å²) in [6, 6.07) is 5.55. The zero-order valence-corrected chi connectivity index (χ0v) is 6.64. The first-order valence-electron chi connectivity index (χ1n) is 3.45. The fourth-order valence-corrected chi connectivity index (χ4v) is 1.37. The normalized spacial score (nSPS) is 21.1. The predicted octanol–water partition coefficient (Wildman–Crippen LogP) is 1.73. The summed E-state index contributed by atoms with van der Waals surface area (Å²) in [5.74, 6) is 0.824. The Hall–Kier alpha value is -0.730. The van der Waals surface area contributed by atoms with E-state index in [1.807, 2.05) is 12.1 Å². The van der Waals surface area contributed by atoms with Gasteiger partial charge in [0, 0.05) is 10.6 Å². The van der Waals surface area contributed by atoms with Gasteiger partial charge in [0.15, 0.2) is 0 Å². The van der Waals surface area contributed by atoms with Gasteiger partial charge in [-0.05, 0) is 12.1 Å². The van der Waals surface area contributed by atoms with E-state index in [0.717, 1.165) is 11.3 Å². The number of benzene rings is 1. The molecule has 3 heteroatoms. The van der Waals surface area contributed by atoms with Gasteiger partial charge in [-0.3, -0.25) is 0 Å². The third-order valence-electron chi connectivity index (χ3n) is 1.79. The number of rotatable bonds is 0. The second-order valence-corrected chi connectivity index (χ2v) is 3.04. The van der Waals surface area contributed by atoms with Crippen LogP contribution in [0.4, 0.5) is 0 Å². The Bertz CT molecular complexity index is 287. The van der Waals surface area contributed by atoms with E-state index in [-0.39, 0.29) is 6.04 Å². The molecule has 0 unspecified atom stereocenters. The molecule has 11 heavy (non-hydrogen) atoms. The van der Waals surface area contributed by atoms with Crippen molar-refractivity contribution in [1.29, 1.82) is 0 Å². The summed E-state index contributed by atoms with van der Waals surface area (Å²) >= 11 is 5.75. The summed E-state index contributed by atoms with van der Waals surface area (Å²) in [5.41, 5.74) is 6.78. The Balaban J connectivity index is 2.50. The Morgan fingerprint density at radius 2 is 2.36 bits per heavy atom. The number of nitrogens with two attached hydrogens (primary N) is 1. The molecule has 2 rings (SSSR count). The van der Waals surface area contributed by atoms with Crippen molar-refractivity contribution in [3.63, 3.8) is 0 Å². The molecule has 0 spiro atoms. The van der Waals surface area contributed by atoms with Crippen molar-refractivity contribution in [3.05, 3.63) is 28.8 Å². The maximum atomic E-state index is 5.75. The standard InChI is InChI=1S/C8H8ClNO/c9-5-1-2-6-7(10)4-11-8(6)3-5/h1-3,7H,4,10H2/t7-/m0/s1. The zero-order chi connectivity index (χ0) is 7.84. The molecule has 2 N–H and O–H groups in total. The monoisotopic (exact) mass is 169 g/mol. The van der Waals surface area contributed by atoms with Gasteiger partial charge in [-0.15, -0.1) is 0 Å². The van der Waals surface area contributed by atoms with E-state index in [9.17, 15) is 0 Å². The average molecular weight is 170 g/mol. The first-order chi connectivity index (χ1) is 5.27. The second kappa shape index (κ2) is 2.40. The van der Waals surface area contributed by atoms with Gasteiger partial charge in [-0.1, -0.05) is 17.7 Å². The van der Waals surface area contributed by atoms with Crippen LogP contribution in [0.2, 0.25) is 5.02 Å². The molecular weight excluding hydrogens is 162 g/mol. The van der Waals surface area contributed by atoms with E-state index >= 15 is 0 Å². The Morgan fingerprint density at radius 3 is 3.18 bits per heavy atom. The Kier molecular flexibility index (Phi) is 1.51. The summed E-state index contributed by atoms with van der Waals surface area (Å²) in [4.78, 5) is 0. The molecular formula is C8H8ClNO. The molecule has 1 aliphatic rings. The molecule has 1 aromatic carbocycles. The quantitative estimate of drug-likeness (QED) is 0.642. The van der Waals surface area contributed by atoms with Crippen molar-refractivity contribution in [1.82, 2.24) is 0 Å². The Morgan fingerprint density at radius 1 is 1.55 bits per heavy atom. The van der Waals surface area contributed by atoms with Crippen molar-refractivity contribution in [3.8, 4) is 5.75 Å². The molecule has 58 valence electrons. The van der Waals surface area contributed by atoms with Gasteiger partial charge >= 0.3 is 0 Å². The molecule has 1 heterocycles. The molecule has 0 fully saturated rings. The first kappa shape index (κ1) is 6.95. The molecule has 0 aliphatic carbocycles. The highest BCUT2D eigenvalue weighted by atomic mass is 35.5. The number of fused-ring (bicyclic) bond motifs is 1. The second-order valence-electron chi connectivity index (χ2n) is 2.60. The molecule has 0 bridgehead atoms. The minimum atomic E-state index is 0.0160. The highest BCUT2D eigenvalue weighted by molar-refractivity contribution is 6.30. The van der Waals surface area contributed by atoms with Crippen molar-refractivity contribution >= 4 is 11.6 Å². The minimum Gasteiger partial charge on any atom is -0.491 e. The van der Waals surface area contributed by atoms with Gasteiger partial charge in [0.2, 0.25) is 0 Å². The van der Waals surface area contributed by atoms with Crippen LogP contribution < -0.4 is 10.5 Å². The highest BCUT2D eigenvalue weighted by Gasteiger charge is 2.19. The van der Waals surface area contributed by atoms with Crippen LogP contribution in [0.5, 0.6) is 5.75 Å². The maximum absolute atomic E-state index is 5.75. The molecule has 0 radical (unpaired) electrons. The van der Waals surface area contributed by atoms with Crippen LogP contribution in [0.1, 0.15) is 11.6 Å². The van der Waals surface area contributed by atoms with E-state index in [2.05, 4.69) is 0 Å². The predicted molar refractivity (Wildman–Crippen MR) is 43.9 cm³/mol. The topological polar surface area (TPSA) is 35.2 Å². The molecule has 1 aliphatic heterocycles. The highest BCUT2D eigenvalue weighted by Crippen LogP contribution is 2.32. The molecule has 1 aromatic rings. The lowest BCUT2D eigenvalue weighted by molar-refractivity contribution is 0.333. The van der Waals surface area contributed by atoms with Crippen LogP contribution in [0.3, 0.4) is 0 Å². The van der Waals surface area contributed by atoms with E-state index in [1.165, 1.54) is 0 Å². The number of halogens is 1. The lowest BCUT2D eigenvalue weighted by atomic mass is 10.1. The molecule has 0 amide bonds. The van der Waals surface area contributed by atoms with E-state index in [4.69, 9.17) is 22.1 Å². The van der Waals surface area contributed by atoms with Crippen LogP contribution in [0.25, 0.3) is 0 Å². The summed E-state index contributed by atoms with van der Waals surface area (Å²) in [6.45, 7) is 0.565. The van der Waals surface area contributed by atoms with Crippen molar-refractivity contribution in [2.45, 2.75) is 6.04 Å². The van der Waals surface area contributed by atoms with Crippen LogP contribution >= 0.6 is 11.6 Å². The lowest BCUT2D eigenvalue weighted by Gasteiger charge is -1.98. The maximum Gasteiger partial charge on any atom is 0.125 e. The number of hydrogen-bond acceptors (Lipinski definition) is 2. The smallest absolute Gasteiger partial charge is 0.125 e. The number of hydrogen-bond donors (Lipinski definition) is 1. The van der Waals surface area contributed by atoms with Crippen LogP contribution in [0.15, 0.2) is 18.2 Å². The fourth-order valence-electron chi connectivity index (χ4n) is 1.21. The SMILES string of the molecule is N[C@H]1COc2cc(Cl)ccc21. The van der Waals surface area contributed by atoms with E-state index < -0.39 is 0 Å².